The number of benzene rings is 3. The fourth-order valence-electron chi connectivity index (χ4n) is 4.10. The molecule has 0 bridgehead atoms. The van der Waals surface area contributed by atoms with Crippen molar-refractivity contribution >= 4 is 37.5 Å². The lowest BCUT2D eigenvalue weighted by Gasteiger charge is -2.34. The minimum Gasteiger partial charge on any atom is -0.335 e. The number of carbonyl (C=O) groups is 1. The number of piperazine rings is 1. The van der Waals surface area contributed by atoms with E-state index < -0.39 is 10.0 Å². The van der Waals surface area contributed by atoms with E-state index in [2.05, 4.69) is 4.98 Å². The van der Waals surface area contributed by atoms with Crippen LogP contribution in [0.4, 0.5) is 0 Å². The summed E-state index contributed by atoms with van der Waals surface area (Å²) in [5.41, 5.74) is -0.108. The molecule has 0 aliphatic carbocycles. The van der Waals surface area contributed by atoms with Crippen molar-refractivity contribution in [3.63, 3.8) is 0 Å². The largest absolute Gasteiger partial charge is 0.335 e. The number of amides is 1. The predicted octanol–water partition coefficient (Wildman–Crippen LogP) is 2.83. The van der Waals surface area contributed by atoms with E-state index >= 15 is 0 Å². The molecule has 1 amide bonds. The predicted molar refractivity (Wildman–Crippen MR) is 123 cm³/mol. The lowest BCUT2D eigenvalue weighted by molar-refractivity contribution is 0.0692. The maximum atomic E-state index is 13.1. The van der Waals surface area contributed by atoms with Crippen molar-refractivity contribution in [3.05, 3.63) is 88.8 Å². The summed E-state index contributed by atoms with van der Waals surface area (Å²) in [6.45, 7) is 0.887. The summed E-state index contributed by atoms with van der Waals surface area (Å²) in [6, 6.07) is 21.5. The topological polar surface area (TPSA) is 90.6 Å². The fraction of sp³-hybridized carbons (Fsp3) is 0.167. The van der Waals surface area contributed by atoms with Crippen LogP contribution in [0.2, 0.25) is 0 Å². The molecule has 8 heteroatoms. The summed E-state index contributed by atoms with van der Waals surface area (Å²) in [5.74, 6) is -0.310. The molecule has 1 aliphatic rings. The SMILES string of the molecule is O=C(c1cc2ccccc2c(=O)[nH]1)N1CCN(S(=O)(=O)c2ccc3ccccc3c2)CC1. The van der Waals surface area contributed by atoms with Gasteiger partial charge in [-0.25, -0.2) is 8.42 Å². The summed E-state index contributed by atoms with van der Waals surface area (Å²) < 4.78 is 27.7. The molecule has 0 spiro atoms. The molecule has 0 radical (unpaired) electrons. The van der Waals surface area contributed by atoms with E-state index in [0.29, 0.717) is 10.8 Å². The molecule has 0 unspecified atom stereocenters. The Morgan fingerprint density at radius 3 is 2.19 bits per heavy atom. The summed E-state index contributed by atoms with van der Waals surface area (Å²) in [5, 5.41) is 3.06. The molecule has 0 saturated carbocycles. The van der Waals surface area contributed by atoms with Gasteiger partial charge in [-0.3, -0.25) is 9.59 Å². The molecule has 32 heavy (non-hydrogen) atoms. The van der Waals surface area contributed by atoms with Gasteiger partial charge in [-0.2, -0.15) is 4.31 Å². The second-order valence-electron chi connectivity index (χ2n) is 7.80. The summed E-state index contributed by atoms with van der Waals surface area (Å²) in [4.78, 5) is 29.7. The van der Waals surface area contributed by atoms with Crippen molar-refractivity contribution in [3.8, 4) is 0 Å². The van der Waals surface area contributed by atoms with Crippen LogP contribution >= 0.6 is 0 Å². The van der Waals surface area contributed by atoms with Crippen molar-refractivity contribution in [1.82, 2.24) is 14.2 Å². The highest BCUT2D eigenvalue weighted by Gasteiger charge is 2.31. The van der Waals surface area contributed by atoms with Gasteiger partial charge in [-0.1, -0.05) is 48.5 Å². The van der Waals surface area contributed by atoms with E-state index in [-0.39, 0.29) is 48.2 Å². The average molecular weight is 448 g/mol. The Morgan fingerprint density at radius 1 is 0.781 bits per heavy atom. The van der Waals surface area contributed by atoms with Crippen LogP contribution in [0.25, 0.3) is 21.5 Å². The van der Waals surface area contributed by atoms with Crippen LogP contribution in [-0.2, 0) is 10.0 Å². The third-order valence-electron chi connectivity index (χ3n) is 5.87. The van der Waals surface area contributed by atoms with Crippen LogP contribution in [0.5, 0.6) is 0 Å². The van der Waals surface area contributed by atoms with E-state index in [1.54, 1.807) is 47.4 Å². The van der Waals surface area contributed by atoms with Crippen LogP contribution in [0.1, 0.15) is 10.5 Å². The number of aromatic nitrogens is 1. The summed E-state index contributed by atoms with van der Waals surface area (Å²) in [6.07, 6.45) is 0. The minimum absolute atomic E-state index is 0.193. The van der Waals surface area contributed by atoms with Crippen LogP contribution < -0.4 is 5.56 Å². The van der Waals surface area contributed by atoms with Gasteiger partial charge in [0.2, 0.25) is 10.0 Å². The first-order valence-electron chi connectivity index (χ1n) is 10.3. The number of fused-ring (bicyclic) bond motifs is 2. The normalized spacial score (nSPS) is 15.3. The highest BCUT2D eigenvalue weighted by Crippen LogP contribution is 2.23. The van der Waals surface area contributed by atoms with Crippen molar-refractivity contribution < 1.29 is 13.2 Å². The van der Waals surface area contributed by atoms with Gasteiger partial charge in [0.05, 0.1) is 4.90 Å². The Balaban J connectivity index is 1.34. The lowest BCUT2D eigenvalue weighted by atomic mass is 10.1. The highest BCUT2D eigenvalue weighted by molar-refractivity contribution is 7.89. The Hall–Kier alpha value is -3.49. The molecular formula is C24H21N3O4S. The van der Waals surface area contributed by atoms with Crippen molar-refractivity contribution in [2.45, 2.75) is 4.90 Å². The number of sulfonamides is 1. The maximum absolute atomic E-state index is 13.1. The molecule has 1 aliphatic heterocycles. The van der Waals surface area contributed by atoms with E-state index in [4.69, 9.17) is 0 Å². The Kier molecular flexibility index (Phi) is 5.03. The Labute approximate surface area is 184 Å². The molecule has 162 valence electrons. The Morgan fingerprint density at radius 2 is 1.44 bits per heavy atom. The van der Waals surface area contributed by atoms with Crippen LogP contribution in [0.3, 0.4) is 0 Å². The zero-order valence-corrected chi connectivity index (χ0v) is 18.0. The van der Waals surface area contributed by atoms with E-state index in [1.165, 1.54) is 4.31 Å². The number of hydrogen-bond acceptors (Lipinski definition) is 4. The molecule has 1 saturated heterocycles. The Bertz CT molecular complexity index is 1500. The van der Waals surface area contributed by atoms with Crippen LogP contribution in [0, 0.1) is 0 Å². The van der Waals surface area contributed by atoms with Gasteiger partial charge in [0, 0.05) is 31.6 Å². The van der Waals surface area contributed by atoms with Gasteiger partial charge in [-0.05, 0) is 40.4 Å². The molecule has 1 N–H and O–H groups in total. The average Bonchev–Trinajstić information content (AvgIpc) is 2.83. The van der Waals surface area contributed by atoms with Gasteiger partial charge in [0.1, 0.15) is 5.69 Å². The zero-order chi connectivity index (χ0) is 22.3. The first-order chi connectivity index (χ1) is 15.4. The fourth-order valence-corrected chi connectivity index (χ4v) is 5.56. The lowest BCUT2D eigenvalue weighted by Crippen LogP contribution is -2.50. The van der Waals surface area contributed by atoms with Crippen molar-refractivity contribution in [1.29, 1.82) is 0 Å². The van der Waals surface area contributed by atoms with Gasteiger partial charge in [0.25, 0.3) is 11.5 Å². The number of rotatable bonds is 3. The number of carbonyl (C=O) groups excluding carboxylic acids is 1. The third kappa shape index (κ3) is 3.57. The first-order valence-corrected chi connectivity index (χ1v) is 11.8. The van der Waals surface area contributed by atoms with E-state index in [9.17, 15) is 18.0 Å². The molecule has 1 fully saturated rings. The third-order valence-corrected chi connectivity index (χ3v) is 7.76. The molecule has 5 rings (SSSR count). The number of H-pyrrole nitrogens is 1. The second kappa shape index (κ2) is 7.89. The maximum Gasteiger partial charge on any atom is 0.270 e. The smallest absolute Gasteiger partial charge is 0.270 e. The molecule has 7 nitrogen and oxygen atoms in total. The number of nitrogens with one attached hydrogen (secondary N) is 1. The van der Waals surface area contributed by atoms with Crippen molar-refractivity contribution in [2.24, 2.45) is 0 Å². The molecule has 4 aromatic rings. The first kappa shape index (κ1) is 20.4. The molecular weight excluding hydrogens is 426 g/mol. The van der Waals surface area contributed by atoms with Gasteiger partial charge in [0.15, 0.2) is 0 Å². The van der Waals surface area contributed by atoms with Crippen molar-refractivity contribution in [2.75, 3.05) is 26.2 Å². The number of nitrogens with zero attached hydrogens (tertiary/aromatic N) is 2. The van der Waals surface area contributed by atoms with E-state index in [0.717, 1.165) is 10.8 Å². The monoisotopic (exact) mass is 447 g/mol. The molecule has 2 heterocycles. The van der Waals surface area contributed by atoms with Gasteiger partial charge < -0.3 is 9.88 Å². The van der Waals surface area contributed by atoms with Crippen LogP contribution in [-0.4, -0.2) is 54.7 Å². The van der Waals surface area contributed by atoms with Gasteiger partial charge >= 0.3 is 0 Å². The standard InChI is InChI=1S/C24H21N3O4S/c28-23-21-8-4-3-7-19(21)16-22(25-23)24(29)26-11-13-27(14-12-26)32(30,31)20-10-9-17-5-1-2-6-18(17)15-20/h1-10,15-16H,11-14H2,(H,25,28). The number of hydrogen-bond donors (Lipinski definition) is 1. The molecule has 0 atom stereocenters. The van der Waals surface area contributed by atoms with Gasteiger partial charge in [-0.15, -0.1) is 0 Å². The number of aromatic amines is 1. The van der Waals surface area contributed by atoms with E-state index in [1.807, 2.05) is 30.3 Å². The zero-order valence-electron chi connectivity index (χ0n) is 17.2. The quantitative estimate of drug-likeness (QED) is 0.523. The number of pyridine rings is 1. The minimum atomic E-state index is -3.67. The summed E-state index contributed by atoms with van der Waals surface area (Å²) >= 11 is 0. The second-order valence-corrected chi connectivity index (χ2v) is 9.74. The summed E-state index contributed by atoms with van der Waals surface area (Å²) in [7, 11) is -3.67. The highest BCUT2D eigenvalue weighted by atomic mass is 32.2. The molecule has 3 aromatic carbocycles. The van der Waals surface area contributed by atoms with Crippen LogP contribution in [0.15, 0.2) is 82.5 Å². The molecule has 1 aromatic heterocycles.